The van der Waals surface area contributed by atoms with Gasteiger partial charge >= 0.3 is 0 Å². The van der Waals surface area contributed by atoms with Gasteiger partial charge in [0, 0.05) is 11.1 Å². The maximum absolute atomic E-state index is 12.4. The highest BCUT2D eigenvalue weighted by Gasteiger charge is 2.23. The summed E-state index contributed by atoms with van der Waals surface area (Å²) in [6.07, 6.45) is 0. The number of anilines is 1. The number of nitrogens with one attached hydrogen (secondary N) is 1. The van der Waals surface area contributed by atoms with Crippen LogP contribution in [0.2, 0.25) is 0 Å². The summed E-state index contributed by atoms with van der Waals surface area (Å²) in [6.45, 7) is 2.01. The number of methoxy groups -OCH3 is 4. The molecule has 1 aliphatic rings. The van der Waals surface area contributed by atoms with Crippen molar-refractivity contribution in [3.63, 3.8) is 0 Å². The molecule has 0 atom stereocenters. The van der Waals surface area contributed by atoms with Gasteiger partial charge in [0.05, 0.1) is 45.4 Å². The fraction of sp³-hybridized carbons (Fsp3) is 0.231. The van der Waals surface area contributed by atoms with Crippen LogP contribution in [0.5, 0.6) is 23.0 Å². The molecule has 7 heteroatoms. The Morgan fingerprint density at radius 2 is 1.45 bits per heavy atom. The molecule has 1 heterocycles. The van der Waals surface area contributed by atoms with Crippen LogP contribution in [0, 0.1) is 6.92 Å². The van der Waals surface area contributed by atoms with Gasteiger partial charge in [0.15, 0.2) is 11.5 Å². The van der Waals surface area contributed by atoms with Gasteiger partial charge in [-0.25, -0.2) is 0 Å². The zero-order valence-corrected chi connectivity index (χ0v) is 19.3. The van der Waals surface area contributed by atoms with Gasteiger partial charge in [0.2, 0.25) is 5.91 Å². The highest BCUT2D eigenvalue weighted by Crippen LogP contribution is 2.42. The van der Waals surface area contributed by atoms with Gasteiger partial charge in [-0.1, -0.05) is 6.07 Å². The van der Waals surface area contributed by atoms with E-state index in [-0.39, 0.29) is 12.5 Å². The van der Waals surface area contributed by atoms with E-state index in [9.17, 15) is 4.79 Å². The lowest BCUT2D eigenvalue weighted by molar-refractivity contribution is -0.114. The van der Waals surface area contributed by atoms with E-state index in [4.69, 9.17) is 18.9 Å². The molecule has 0 aromatic heterocycles. The van der Waals surface area contributed by atoms with Crippen LogP contribution in [0.25, 0.3) is 11.1 Å². The summed E-state index contributed by atoms with van der Waals surface area (Å²) in [5.41, 5.74) is 5.71. The van der Waals surface area contributed by atoms with Gasteiger partial charge in [0.1, 0.15) is 18.0 Å². The maximum atomic E-state index is 12.4. The average Bonchev–Trinajstić information content (AvgIpc) is 3.00. The summed E-state index contributed by atoms with van der Waals surface area (Å²) in [5.74, 6) is 2.42. The molecule has 0 radical (unpaired) electrons. The van der Waals surface area contributed by atoms with Crippen LogP contribution in [0.1, 0.15) is 16.7 Å². The Bertz CT molecular complexity index is 1230. The van der Waals surface area contributed by atoms with Crippen molar-refractivity contribution in [3.05, 3.63) is 65.2 Å². The van der Waals surface area contributed by atoms with Gasteiger partial charge < -0.3 is 24.3 Å². The van der Waals surface area contributed by atoms with Crippen molar-refractivity contribution >= 4 is 17.3 Å². The smallest absolute Gasteiger partial charge is 0.246 e. The van der Waals surface area contributed by atoms with Crippen molar-refractivity contribution < 1.29 is 23.7 Å². The van der Waals surface area contributed by atoms with Gasteiger partial charge in [-0.15, -0.1) is 0 Å². The Balaban J connectivity index is 1.96. The number of benzodiazepines with no additional fused rings is 1. The third-order valence-corrected chi connectivity index (χ3v) is 5.63. The molecule has 1 amide bonds. The van der Waals surface area contributed by atoms with Crippen molar-refractivity contribution in [1.29, 1.82) is 0 Å². The van der Waals surface area contributed by atoms with E-state index in [1.165, 1.54) is 0 Å². The van der Waals surface area contributed by atoms with E-state index >= 15 is 0 Å². The second kappa shape index (κ2) is 9.24. The minimum absolute atomic E-state index is 0.0186. The van der Waals surface area contributed by atoms with Crippen LogP contribution in [0.4, 0.5) is 5.69 Å². The first-order chi connectivity index (χ1) is 16.0. The lowest BCUT2D eigenvalue weighted by Gasteiger charge is -2.19. The predicted molar refractivity (Wildman–Crippen MR) is 128 cm³/mol. The quantitative estimate of drug-likeness (QED) is 0.604. The molecule has 1 N–H and O–H groups in total. The number of rotatable bonds is 6. The minimum Gasteiger partial charge on any atom is -0.496 e. The molecule has 3 aromatic carbocycles. The zero-order valence-electron chi connectivity index (χ0n) is 19.3. The molecular formula is C26H26N2O5. The van der Waals surface area contributed by atoms with E-state index in [0.717, 1.165) is 27.8 Å². The average molecular weight is 447 g/mol. The molecule has 3 aromatic rings. The van der Waals surface area contributed by atoms with Crippen molar-refractivity contribution in [2.24, 2.45) is 4.99 Å². The SMILES string of the molecule is COc1ccc(C2=NCC(=O)Nc3cc(C)c(-c4c(OC)cccc4OC)cc32)cc1OC. The van der Waals surface area contributed by atoms with Gasteiger partial charge in [-0.2, -0.15) is 0 Å². The second-order valence-electron chi connectivity index (χ2n) is 7.53. The highest BCUT2D eigenvalue weighted by atomic mass is 16.5. The van der Waals surface area contributed by atoms with Crippen LogP contribution in [-0.2, 0) is 4.79 Å². The van der Waals surface area contributed by atoms with Crippen LogP contribution < -0.4 is 24.3 Å². The summed E-state index contributed by atoms with van der Waals surface area (Å²) in [6, 6.07) is 15.2. The van der Waals surface area contributed by atoms with Crippen LogP contribution in [-0.4, -0.2) is 46.6 Å². The van der Waals surface area contributed by atoms with Crippen molar-refractivity contribution in [2.75, 3.05) is 40.3 Å². The van der Waals surface area contributed by atoms with Crippen LogP contribution >= 0.6 is 0 Å². The Hall–Kier alpha value is -4.00. The third-order valence-electron chi connectivity index (χ3n) is 5.63. The Morgan fingerprint density at radius 1 is 0.788 bits per heavy atom. The van der Waals surface area contributed by atoms with Gasteiger partial charge in [-0.05, 0) is 60.5 Å². The molecule has 7 nitrogen and oxygen atoms in total. The predicted octanol–water partition coefficient (Wildman–Crippen LogP) is 4.49. The monoisotopic (exact) mass is 446 g/mol. The number of aliphatic imine (C=N–C) groups is 1. The molecule has 0 saturated carbocycles. The Labute approximate surface area is 193 Å². The van der Waals surface area contributed by atoms with Crippen molar-refractivity contribution in [1.82, 2.24) is 0 Å². The molecule has 170 valence electrons. The van der Waals surface area contributed by atoms with E-state index < -0.39 is 0 Å². The summed E-state index contributed by atoms with van der Waals surface area (Å²) in [5, 5.41) is 2.98. The molecule has 0 fully saturated rings. The number of hydrogen-bond donors (Lipinski definition) is 1. The van der Waals surface area contributed by atoms with E-state index in [0.29, 0.717) is 34.4 Å². The van der Waals surface area contributed by atoms with Crippen LogP contribution in [0.15, 0.2) is 53.5 Å². The van der Waals surface area contributed by atoms with E-state index in [1.54, 1.807) is 28.4 Å². The topological polar surface area (TPSA) is 78.4 Å². The number of benzene rings is 3. The molecule has 1 aliphatic heterocycles. The number of aryl methyl sites for hydroxylation is 1. The van der Waals surface area contributed by atoms with E-state index in [1.807, 2.05) is 55.5 Å². The van der Waals surface area contributed by atoms with Crippen LogP contribution in [0.3, 0.4) is 0 Å². The molecule has 33 heavy (non-hydrogen) atoms. The second-order valence-corrected chi connectivity index (χ2v) is 7.53. The summed E-state index contributed by atoms with van der Waals surface area (Å²) < 4.78 is 22.1. The molecule has 0 spiro atoms. The molecule has 4 rings (SSSR count). The summed E-state index contributed by atoms with van der Waals surface area (Å²) >= 11 is 0. The minimum atomic E-state index is -0.172. The van der Waals surface area contributed by atoms with Crippen molar-refractivity contribution in [3.8, 4) is 34.1 Å². The number of ether oxygens (including phenoxy) is 4. The fourth-order valence-electron chi connectivity index (χ4n) is 4.05. The number of nitrogens with zero attached hydrogens (tertiary/aromatic N) is 1. The largest absolute Gasteiger partial charge is 0.496 e. The first kappa shape index (κ1) is 22.2. The summed E-state index contributed by atoms with van der Waals surface area (Å²) in [4.78, 5) is 17.1. The Kier molecular flexibility index (Phi) is 6.22. The number of fused-ring (bicyclic) bond motifs is 1. The standard InChI is InChI=1S/C26H26N2O5/c1-15-11-19-18(13-17(15)25-21(31-3)7-6-8-22(25)32-4)26(27-14-24(29)28-19)16-9-10-20(30-2)23(12-16)33-5/h6-13H,14H2,1-5H3,(H,28,29). The number of amides is 1. The number of hydrogen-bond acceptors (Lipinski definition) is 6. The summed E-state index contributed by atoms with van der Waals surface area (Å²) in [7, 11) is 6.45. The number of carbonyl (C=O) groups excluding carboxylic acids is 1. The number of carbonyl (C=O) groups is 1. The fourth-order valence-corrected chi connectivity index (χ4v) is 4.05. The first-order valence-electron chi connectivity index (χ1n) is 10.4. The molecule has 0 saturated heterocycles. The third kappa shape index (κ3) is 4.09. The normalized spacial score (nSPS) is 12.8. The van der Waals surface area contributed by atoms with Crippen molar-refractivity contribution in [2.45, 2.75) is 6.92 Å². The highest BCUT2D eigenvalue weighted by molar-refractivity contribution is 6.20. The lowest BCUT2D eigenvalue weighted by atomic mass is 9.91. The zero-order chi connectivity index (χ0) is 23.5. The molecule has 0 unspecified atom stereocenters. The molecular weight excluding hydrogens is 420 g/mol. The molecule has 0 bridgehead atoms. The lowest BCUT2D eigenvalue weighted by Crippen LogP contribution is -2.13. The van der Waals surface area contributed by atoms with Gasteiger partial charge in [0.25, 0.3) is 0 Å². The molecule has 0 aliphatic carbocycles. The first-order valence-corrected chi connectivity index (χ1v) is 10.4. The van der Waals surface area contributed by atoms with E-state index in [2.05, 4.69) is 10.3 Å². The van der Waals surface area contributed by atoms with Gasteiger partial charge in [-0.3, -0.25) is 9.79 Å². The maximum Gasteiger partial charge on any atom is 0.246 e. The Morgan fingerprint density at radius 3 is 2.09 bits per heavy atom.